The molecule has 2 rings (SSSR count). The summed E-state index contributed by atoms with van der Waals surface area (Å²) in [4.78, 5) is 23.4. The van der Waals surface area contributed by atoms with Crippen LogP contribution < -0.4 is 10.6 Å². The molecular formula is C19H22N2O2. The molecule has 120 valence electrons. The molecule has 0 aliphatic rings. The fourth-order valence-electron chi connectivity index (χ4n) is 2.23. The van der Waals surface area contributed by atoms with Crippen LogP contribution in [-0.4, -0.2) is 18.4 Å². The van der Waals surface area contributed by atoms with Crippen molar-refractivity contribution in [3.63, 3.8) is 0 Å². The van der Waals surface area contributed by atoms with Crippen LogP contribution in [0.4, 0.5) is 0 Å². The normalized spacial score (nSPS) is 10.1. The highest BCUT2D eigenvalue weighted by Gasteiger charge is 2.08. The predicted octanol–water partition coefficient (Wildman–Crippen LogP) is 2.44. The van der Waals surface area contributed by atoms with E-state index in [0.717, 1.165) is 18.4 Å². The van der Waals surface area contributed by atoms with Gasteiger partial charge in [0.15, 0.2) is 0 Å². The molecule has 4 nitrogen and oxygen atoms in total. The molecule has 0 heterocycles. The Hall–Kier alpha value is -2.62. The van der Waals surface area contributed by atoms with Crippen molar-refractivity contribution >= 4 is 11.8 Å². The Morgan fingerprint density at radius 3 is 1.96 bits per heavy atom. The average molecular weight is 310 g/mol. The first-order chi connectivity index (χ1) is 11.2. The highest BCUT2D eigenvalue weighted by molar-refractivity contribution is 5.96. The number of rotatable bonds is 8. The Labute approximate surface area is 136 Å². The Morgan fingerprint density at radius 1 is 0.739 bits per heavy atom. The second-order valence-electron chi connectivity index (χ2n) is 5.38. The molecule has 2 aromatic rings. The Bertz CT molecular complexity index is 612. The summed E-state index contributed by atoms with van der Waals surface area (Å²) >= 11 is 0. The third-order valence-corrected chi connectivity index (χ3v) is 3.46. The zero-order valence-electron chi connectivity index (χ0n) is 13.1. The van der Waals surface area contributed by atoms with Crippen molar-refractivity contribution in [3.05, 3.63) is 71.8 Å². The van der Waals surface area contributed by atoms with E-state index in [1.165, 1.54) is 5.56 Å². The summed E-state index contributed by atoms with van der Waals surface area (Å²) in [5, 5.41) is 5.53. The van der Waals surface area contributed by atoms with Crippen molar-refractivity contribution in [3.8, 4) is 0 Å². The van der Waals surface area contributed by atoms with E-state index in [1.54, 1.807) is 0 Å². The van der Waals surface area contributed by atoms with Crippen molar-refractivity contribution in [2.75, 3.05) is 6.54 Å². The molecule has 2 aromatic carbocycles. The van der Waals surface area contributed by atoms with E-state index in [9.17, 15) is 9.59 Å². The molecule has 0 spiro atoms. The van der Waals surface area contributed by atoms with Crippen LogP contribution in [0.2, 0.25) is 0 Å². The first-order valence-electron chi connectivity index (χ1n) is 7.85. The number of benzene rings is 2. The second kappa shape index (κ2) is 9.41. The number of aryl methyl sites for hydroxylation is 1. The number of hydrogen-bond donors (Lipinski definition) is 2. The van der Waals surface area contributed by atoms with Gasteiger partial charge in [-0.25, -0.2) is 0 Å². The van der Waals surface area contributed by atoms with Gasteiger partial charge in [-0.3, -0.25) is 9.59 Å². The van der Waals surface area contributed by atoms with Gasteiger partial charge < -0.3 is 10.6 Å². The van der Waals surface area contributed by atoms with E-state index in [0.29, 0.717) is 13.1 Å². The van der Waals surface area contributed by atoms with Crippen LogP contribution in [0.5, 0.6) is 0 Å². The zero-order chi connectivity index (χ0) is 16.3. The van der Waals surface area contributed by atoms with Gasteiger partial charge in [-0.2, -0.15) is 0 Å². The summed E-state index contributed by atoms with van der Waals surface area (Å²) in [5.41, 5.74) is 2.27. The quantitative estimate of drug-likeness (QED) is 0.581. The SMILES string of the molecule is O=C(CC(=O)NCc1ccccc1)NCCCc1ccccc1. The minimum Gasteiger partial charge on any atom is -0.356 e. The molecule has 0 aliphatic carbocycles. The molecule has 0 atom stereocenters. The van der Waals surface area contributed by atoms with Gasteiger partial charge in [0, 0.05) is 13.1 Å². The van der Waals surface area contributed by atoms with E-state index in [1.807, 2.05) is 48.5 Å². The molecular weight excluding hydrogens is 288 g/mol. The third kappa shape index (κ3) is 6.78. The van der Waals surface area contributed by atoms with E-state index in [-0.39, 0.29) is 18.2 Å². The lowest BCUT2D eigenvalue weighted by atomic mass is 10.1. The van der Waals surface area contributed by atoms with Crippen LogP contribution in [0.15, 0.2) is 60.7 Å². The van der Waals surface area contributed by atoms with E-state index >= 15 is 0 Å². The lowest BCUT2D eigenvalue weighted by molar-refractivity contribution is -0.129. The third-order valence-electron chi connectivity index (χ3n) is 3.46. The average Bonchev–Trinajstić information content (AvgIpc) is 2.59. The number of carbonyl (C=O) groups is 2. The van der Waals surface area contributed by atoms with E-state index in [2.05, 4.69) is 22.8 Å². The number of carbonyl (C=O) groups excluding carboxylic acids is 2. The van der Waals surface area contributed by atoms with Crippen LogP contribution in [-0.2, 0) is 22.6 Å². The van der Waals surface area contributed by atoms with Crippen molar-refractivity contribution < 1.29 is 9.59 Å². The molecule has 2 N–H and O–H groups in total. The van der Waals surface area contributed by atoms with Gasteiger partial charge in [-0.05, 0) is 24.0 Å². The van der Waals surface area contributed by atoms with Crippen LogP contribution in [0.3, 0.4) is 0 Å². The summed E-state index contributed by atoms with van der Waals surface area (Å²) in [5.74, 6) is -0.488. The van der Waals surface area contributed by atoms with Crippen LogP contribution in [0, 0.1) is 0 Å². The van der Waals surface area contributed by atoms with Gasteiger partial charge in [0.2, 0.25) is 11.8 Å². The molecule has 0 radical (unpaired) electrons. The van der Waals surface area contributed by atoms with Crippen molar-refractivity contribution in [2.24, 2.45) is 0 Å². The lowest BCUT2D eigenvalue weighted by Crippen LogP contribution is -2.32. The van der Waals surface area contributed by atoms with Crippen molar-refractivity contribution in [1.29, 1.82) is 0 Å². The topological polar surface area (TPSA) is 58.2 Å². The smallest absolute Gasteiger partial charge is 0.229 e. The molecule has 0 unspecified atom stereocenters. The number of hydrogen-bond acceptors (Lipinski definition) is 2. The van der Waals surface area contributed by atoms with Crippen LogP contribution >= 0.6 is 0 Å². The van der Waals surface area contributed by atoms with Crippen LogP contribution in [0.25, 0.3) is 0 Å². The monoisotopic (exact) mass is 310 g/mol. The van der Waals surface area contributed by atoms with Gasteiger partial charge >= 0.3 is 0 Å². The summed E-state index contributed by atoms with van der Waals surface area (Å²) in [7, 11) is 0. The van der Waals surface area contributed by atoms with Crippen molar-refractivity contribution in [2.45, 2.75) is 25.8 Å². The maximum Gasteiger partial charge on any atom is 0.229 e. The summed E-state index contributed by atoms with van der Waals surface area (Å²) in [6.45, 7) is 1.03. The van der Waals surface area contributed by atoms with Crippen molar-refractivity contribution in [1.82, 2.24) is 10.6 Å². The summed E-state index contributed by atoms with van der Waals surface area (Å²) < 4.78 is 0. The first-order valence-corrected chi connectivity index (χ1v) is 7.85. The first kappa shape index (κ1) is 16.7. The maximum absolute atomic E-state index is 11.7. The second-order valence-corrected chi connectivity index (χ2v) is 5.38. The molecule has 0 aliphatic heterocycles. The number of amides is 2. The molecule has 0 saturated carbocycles. The molecule has 0 aromatic heterocycles. The molecule has 0 saturated heterocycles. The van der Waals surface area contributed by atoms with E-state index < -0.39 is 0 Å². The molecule has 0 bridgehead atoms. The minimum atomic E-state index is -0.255. The van der Waals surface area contributed by atoms with E-state index in [4.69, 9.17) is 0 Å². The maximum atomic E-state index is 11.7. The minimum absolute atomic E-state index is 0.127. The molecule has 23 heavy (non-hydrogen) atoms. The van der Waals surface area contributed by atoms with Gasteiger partial charge in [0.1, 0.15) is 6.42 Å². The fraction of sp³-hybridized carbons (Fsp3) is 0.263. The van der Waals surface area contributed by atoms with Gasteiger partial charge in [0.05, 0.1) is 0 Å². The molecule has 2 amide bonds. The Morgan fingerprint density at radius 2 is 1.30 bits per heavy atom. The van der Waals surface area contributed by atoms with Gasteiger partial charge in [-0.1, -0.05) is 60.7 Å². The lowest BCUT2D eigenvalue weighted by Gasteiger charge is -2.07. The Balaban J connectivity index is 1.58. The summed E-state index contributed by atoms with van der Waals surface area (Å²) in [6, 6.07) is 19.8. The molecule has 4 heteroatoms. The van der Waals surface area contributed by atoms with Gasteiger partial charge in [-0.15, -0.1) is 0 Å². The van der Waals surface area contributed by atoms with Crippen LogP contribution in [0.1, 0.15) is 24.0 Å². The largest absolute Gasteiger partial charge is 0.356 e. The highest BCUT2D eigenvalue weighted by atomic mass is 16.2. The highest BCUT2D eigenvalue weighted by Crippen LogP contribution is 2.01. The standard InChI is InChI=1S/C19H22N2O2/c22-18(20-13-7-12-16-8-3-1-4-9-16)14-19(23)21-15-17-10-5-2-6-11-17/h1-6,8-11H,7,12-15H2,(H,20,22)(H,21,23). The summed E-state index contributed by atoms with van der Waals surface area (Å²) in [6.07, 6.45) is 1.65. The zero-order valence-corrected chi connectivity index (χ0v) is 13.1. The Kier molecular flexibility index (Phi) is 6.85. The number of nitrogens with one attached hydrogen (secondary N) is 2. The molecule has 0 fully saturated rings. The predicted molar refractivity (Wildman–Crippen MR) is 90.7 cm³/mol. The van der Waals surface area contributed by atoms with Gasteiger partial charge in [0.25, 0.3) is 0 Å². The fourth-order valence-corrected chi connectivity index (χ4v) is 2.23.